The number of carbonyl (C=O) groups excluding carboxylic acids is 3. The molecule has 2 unspecified atom stereocenters. The molecule has 9 nitrogen and oxygen atoms in total. The Balaban J connectivity index is 1.19. The second kappa shape index (κ2) is 10.0. The first-order valence-electron chi connectivity index (χ1n) is 13.8. The minimum atomic E-state index is -0.574. The zero-order valence-corrected chi connectivity index (χ0v) is 23.4. The van der Waals surface area contributed by atoms with E-state index in [1.807, 2.05) is 39.0 Å². The summed E-state index contributed by atoms with van der Waals surface area (Å²) in [5.41, 5.74) is 3.17. The maximum absolute atomic E-state index is 13.6. The van der Waals surface area contributed by atoms with Crippen molar-refractivity contribution in [3.8, 4) is 0 Å². The Morgan fingerprint density at radius 1 is 1.15 bits per heavy atom. The quantitative estimate of drug-likeness (QED) is 0.541. The van der Waals surface area contributed by atoms with Gasteiger partial charge in [0.15, 0.2) is 0 Å². The number of pyridine rings is 1. The number of likely N-dealkylation sites (tertiary alicyclic amines) is 1. The van der Waals surface area contributed by atoms with Crippen molar-refractivity contribution >= 4 is 41.2 Å². The van der Waals surface area contributed by atoms with Crippen LogP contribution in [-0.2, 0) is 9.53 Å². The average molecular weight is 550 g/mol. The first-order valence-corrected chi connectivity index (χ1v) is 14.7. The van der Waals surface area contributed by atoms with Gasteiger partial charge in [0, 0.05) is 30.9 Å². The molecule has 6 rings (SSSR count). The van der Waals surface area contributed by atoms with Gasteiger partial charge in [0.1, 0.15) is 15.9 Å². The third-order valence-corrected chi connectivity index (χ3v) is 9.18. The van der Waals surface area contributed by atoms with Crippen molar-refractivity contribution in [2.75, 3.05) is 18.0 Å². The van der Waals surface area contributed by atoms with Crippen molar-refractivity contribution in [1.82, 2.24) is 20.5 Å². The summed E-state index contributed by atoms with van der Waals surface area (Å²) in [6.07, 6.45) is 6.53. The summed E-state index contributed by atoms with van der Waals surface area (Å²) >= 11 is 1.38. The number of hydrogen-bond donors (Lipinski definition) is 2. The van der Waals surface area contributed by atoms with E-state index in [1.165, 1.54) is 36.6 Å². The second-order valence-corrected chi connectivity index (χ2v) is 13.0. The van der Waals surface area contributed by atoms with E-state index < -0.39 is 16.9 Å². The molecule has 1 aromatic heterocycles. The van der Waals surface area contributed by atoms with E-state index in [0.29, 0.717) is 19.0 Å². The Morgan fingerprint density at radius 3 is 2.72 bits per heavy atom. The number of thioether (sulfide) groups is 1. The Morgan fingerprint density at radius 2 is 1.97 bits per heavy atom. The summed E-state index contributed by atoms with van der Waals surface area (Å²) in [6, 6.07) is 9.19. The van der Waals surface area contributed by atoms with Gasteiger partial charge < -0.3 is 20.3 Å². The molecule has 4 amide bonds. The lowest BCUT2D eigenvalue weighted by atomic mass is 9.80. The van der Waals surface area contributed by atoms with Crippen LogP contribution in [0.1, 0.15) is 76.0 Å². The Labute approximate surface area is 233 Å². The number of aromatic nitrogens is 1. The molecule has 39 heavy (non-hydrogen) atoms. The van der Waals surface area contributed by atoms with Gasteiger partial charge in [0.25, 0.3) is 0 Å². The Kier molecular flexibility index (Phi) is 6.69. The van der Waals surface area contributed by atoms with Gasteiger partial charge in [-0.05, 0) is 76.1 Å². The molecule has 0 spiro atoms. The van der Waals surface area contributed by atoms with Crippen LogP contribution >= 0.6 is 11.8 Å². The van der Waals surface area contributed by atoms with Gasteiger partial charge in [0.05, 0.1) is 17.4 Å². The lowest BCUT2D eigenvalue weighted by molar-refractivity contribution is -0.122. The molecule has 0 bridgehead atoms. The number of urea groups is 1. The number of piperidine rings is 1. The predicted molar refractivity (Wildman–Crippen MR) is 149 cm³/mol. The average Bonchev–Trinajstić information content (AvgIpc) is 3.22. The highest BCUT2D eigenvalue weighted by molar-refractivity contribution is 8.01. The molecule has 206 valence electrons. The smallest absolute Gasteiger partial charge is 0.410 e. The van der Waals surface area contributed by atoms with Crippen LogP contribution in [0, 0.1) is 0 Å². The number of rotatable bonds is 4. The van der Waals surface area contributed by atoms with Crippen molar-refractivity contribution in [3.05, 3.63) is 47.7 Å². The van der Waals surface area contributed by atoms with E-state index in [9.17, 15) is 14.4 Å². The molecule has 4 aliphatic rings. The number of nitrogens with one attached hydrogen (secondary N) is 2. The summed E-state index contributed by atoms with van der Waals surface area (Å²) in [6.45, 7) is 6.54. The zero-order valence-electron chi connectivity index (χ0n) is 22.6. The molecule has 10 heteroatoms. The minimum Gasteiger partial charge on any atom is -0.444 e. The molecule has 2 N–H and O–H groups in total. The number of benzene rings is 1. The fraction of sp³-hybridized carbons (Fsp3) is 0.517. The summed E-state index contributed by atoms with van der Waals surface area (Å²) in [4.78, 5) is 47.6. The maximum Gasteiger partial charge on any atom is 0.410 e. The Hall–Kier alpha value is -3.27. The standard InChI is InChI=1S/C29H35N5O4S/c1-29(2,3)38-28(37)33-14-6-10-19(16-33)31-25(35)24-23-22-21(12-13-30-26(22)39-24)34(27(36)32-23)20-11-5-9-18(15-20)17-7-4-8-17/h5,9,11-13,15,17,19,23-24H,4,6-8,10,14,16H2,1-3H3,(H,31,35)(H,32,36)/t19-,23?,24?/m1/s1. The predicted octanol–water partition coefficient (Wildman–Crippen LogP) is 5.24. The minimum absolute atomic E-state index is 0.161. The van der Waals surface area contributed by atoms with E-state index in [4.69, 9.17) is 4.74 Å². The maximum atomic E-state index is 13.6. The number of nitrogens with zero attached hydrogens (tertiary/aromatic N) is 3. The van der Waals surface area contributed by atoms with Crippen molar-refractivity contribution in [2.45, 2.75) is 86.8 Å². The van der Waals surface area contributed by atoms with Crippen molar-refractivity contribution in [1.29, 1.82) is 0 Å². The van der Waals surface area contributed by atoms with Crippen LogP contribution in [-0.4, -0.2) is 57.9 Å². The molecule has 2 fully saturated rings. The molecule has 1 aromatic carbocycles. The van der Waals surface area contributed by atoms with Gasteiger partial charge in [-0.1, -0.05) is 30.3 Å². The highest BCUT2D eigenvalue weighted by Gasteiger charge is 2.47. The first kappa shape index (κ1) is 26.0. The van der Waals surface area contributed by atoms with Gasteiger partial charge in [-0.25, -0.2) is 14.6 Å². The van der Waals surface area contributed by atoms with Crippen LogP contribution in [0.4, 0.5) is 21.0 Å². The fourth-order valence-electron chi connectivity index (χ4n) is 5.81. The molecular formula is C29H35N5O4S. The molecule has 4 heterocycles. The molecule has 0 radical (unpaired) electrons. The van der Waals surface area contributed by atoms with Gasteiger partial charge in [-0.2, -0.15) is 0 Å². The van der Waals surface area contributed by atoms with Gasteiger partial charge >= 0.3 is 12.1 Å². The monoisotopic (exact) mass is 549 g/mol. The van der Waals surface area contributed by atoms with Crippen molar-refractivity contribution in [2.24, 2.45) is 0 Å². The highest BCUT2D eigenvalue weighted by atomic mass is 32.2. The van der Waals surface area contributed by atoms with Crippen molar-refractivity contribution in [3.63, 3.8) is 0 Å². The SMILES string of the molecule is CC(C)(C)OC(=O)N1CCC[C@@H](NC(=O)C2Sc3nccc4c3C2NC(=O)N4c2cccc(C3CCC3)c2)C1. The molecule has 3 aliphatic heterocycles. The summed E-state index contributed by atoms with van der Waals surface area (Å²) < 4.78 is 5.53. The van der Waals surface area contributed by atoms with E-state index in [-0.39, 0.29) is 24.1 Å². The summed E-state index contributed by atoms with van der Waals surface area (Å²) in [5.74, 6) is 0.397. The van der Waals surface area contributed by atoms with E-state index in [2.05, 4.69) is 27.8 Å². The number of ether oxygens (including phenoxy) is 1. The number of carbonyl (C=O) groups is 3. The molecule has 3 atom stereocenters. The van der Waals surface area contributed by atoms with Crippen LogP contribution in [0.25, 0.3) is 0 Å². The summed E-state index contributed by atoms with van der Waals surface area (Å²) in [7, 11) is 0. The van der Waals surface area contributed by atoms with Crippen LogP contribution in [0.2, 0.25) is 0 Å². The third kappa shape index (κ3) is 5.06. The van der Waals surface area contributed by atoms with E-state index >= 15 is 0 Å². The second-order valence-electron chi connectivity index (χ2n) is 11.8. The number of hydrogen-bond acceptors (Lipinski definition) is 6. The molecular weight excluding hydrogens is 514 g/mol. The first-order chi connectivity index (χ1) is 18.7. The molecule has 1 aliphatic carbocycles. The van der Waals surface area contributed by atoms with Crippen LogP contribution < -0.4 is 15.5 Å². The van der Waals surface area contributed by atoms with Gasteiger partial charge in [-0.15, -0.1) is 0 Å². The van der Waals surface area contributed by atoms with Crippen LogP contribution in [0.15, 0.2) is 41.6 Å². The van der Waals surface area contributed by atoms with E-state index in [1.54, 1.807) is 16.0 Å². The van der Waals surface area contributed by atoms with Crippen molar-refractivity contribution < 1.29 is 19.1 Å². The van der Waals surface area contributed by atoms with E-state index in [0.717, 1.165) is 34.8 Å². The number of anilines is 2. The highest BCUT2D eigenvalue weighted by Crippen LogP contribution is 2.51. The normalized spacial score (nSPS) is 24.5. The number of amides is 4. The van der Waals surface area contributed by atoms with Crippen LogP contribution in [0.5, 0.6) is 0 Å². The van der Waals surface area contributed by atoms with Gasteiger partial charge in [0.2, 0.25) is 5.91 Å². The fourth-order valence-corrected chi connectivity index (χ4v) is 7.05. The topological polar surface area (TPSA) is 104 Å². The third-order valence-electron chi connectivity index (χ3n) is 7.89. The Bertz CT molecular complexity index is 1310. The lowest BCUT2D eigenvalue weighted by Crippen LogP contribution is -2.54. The molecule has 1 saturated heterocycles. The summed E-state index contributed by atoms with van der Waals surface area (Å²) in [5, 5.41) is 6.46. The van der Waals surface area contributed by atoms with Gasteiger partial charge in [-0.3, -0.25) is 9.69 Å². The van der Waals surface area contributed by atoms with Crippen LogP contribution in [0.3, 0.4) is 0 Å². The zero-order chi connectivity index (χ0) is 27.3. The largest absolute Gasteiger partial charge is 0.444 e. The lowest BCUT2D eigenvalue weighted by Gasteiger charge is -2.36. The molecule has 2 aromatic rings. The molecule has 1 saturated carbocycles.